The zero-order valence-corrected chi connectivity index (χ0v) is 48.5. The largest absolute Gasteiger partial charge is 0.370 e. The Morgan fingerprint density at radius 1 is 0.226 bits per heavy atom. The van der Waals surface area contributed by atoms with Crippen molar-refractivity contribution in [2.45, 2.75) is 26.2 Å². The Kier molecular flexibility index (Phi) is 13.9. The zero-order chi connectivity index (χ0) is 57.6. The second kappa shape index (κ2) is 22.1. The van der Waals surface area contributed by atoms with Gasteiger partial charge in [-0.05, 0) is 46.5 Å². The molecule has 0 radical (unpaired) electrons. The lowest BCUT2D eigenvalue weighted by molar-refractivity contribution is 0.720. The van der Waals surface area contributed by atoms with Gasteiger partial charge in [0.1, 0.15) is 22.8 Å². The van der Waals surface area contributed by atoms with E-state index in [4.69, 9.17) is 0 Å². The topological polar surface area (TPSA) is 136 Å². The van der Waals surface area contributed by atoms with Gasteiger partial charge >= 0.3 is 0 Å². The number of hydrogen-bond acceptors (Lipinski definition) is 12. The Labute approximate surface area is 489 Å². The molecule has 8 heterocycles. The van der Waals surface area contributed by atoms with Crippen LogP contribution in [0.4, 0.5) is 22.7 Å². The first-order chi connectivity index (χ1) is 41.0. The lowest BCUT2D eigenvalue weighted by atomic mass is 9.96. The van der Waals surface area contributed by atoms with Gasteiger partial charge in [-0.1, -0.05) is 191 Å². The highest BCUT2D eigenvalue weighted by Gasteiger charge is 2.28. The van der Waals surface area contributed by atoms with E-state index in [1.165, 1.54) is 78.4 Å². The van der Waals surface area contributed by atoms with Crippen molar-refractivity contribution < 1.29 is 0 Å². The molecule has 16 rings (SSSR count). The van der Waals surface area contributed by atoms with E-state index < -0.39 is 0 Å². The van der Waals surface area contributed by atoms with Gasteiger partial charge in [-0.2, -0.15) is 0 Å². The molecule has 0 unspecified atom stereocenters. The SMILES string of the molecule is CN1Cc2ccccc2-c2c(nnn2C)-c2ccccc21.CN1Cc2ccccc2-c2c(nnn2C)-c2ccccc21.CN1Cc2ccccc2-c2nnn(C)c2-c2ccccc21.CN1Cc2ccccc2-c2nnn(C)c2-c2ccccc21. The van der Waals surface area contributed by atoms with Crippen molar-refractivity contribution in [3.63, 3.8) is 0 Å². The van der Waals surface area contributed by atoms with E-state index in [1.807, 2.05) is 46.9 Å². The first kappa shape index (κ1) is 52.9. The maximum absolute atomic E-state index is 4.42. The van der Waals surface area contributed by atoms with Crippen LogP contribution in [0.3, 0.4) is 0 Å². The van der Waals surface area contributed by atoms with Gasteiger partial charge in [0.15, 0.2) is 0 Å². The summed E-state index contributed by atoms with van der Waals surface area (Å²) < 4.78 is 7.47. The predicted octanol–water partition coefficient (Wildman–Crippen LogP) is 12.4. The minimum Gasteiger partial charge on any atom is -0.370 e. The molecular formula is C68H64N16. The van der Waals surface area contributed by atoms with Gasteiger partial charge in [0, 0.05) is 150 Å². The second-order valence-electron chi connectivity index (χ2n) is 21.8. The standard InChI is InChI=1S/4C17H16N4/c2*1-20-11-12-7-3-4-8-13(12)17-16(18-19-21(17)2)14-9-5-6-10-15(14)20;2*1-20-11-12-7-3-4-8-13(12)16-17(21(2)19-18-16)14-9-5-6-10-15(14)20/h4*3-10H,11H2,1-2H3. The summed E-state index contributed by atoms with van der Waals surface area (Å²) in [6, 6.07) is 67.5. The highest BCUT2D eigenvalue weighted by atomic mass is 15.4. The van der Waals surface area contributed by atoms with Crippen LogP contribution in [0.5, 0.6) is 0 Å². The molecule has 0 saturated carbocycles. The van der Waals surface area contributed by atoms with Crippen LogP contribution in [0.15, 0.2) is 194 Å². The Bertz CT molecular complexity index is 4110. The van der Waals surface area contributed by atoms with E-state index in [2.05, 4.69) is 283 Å². The molecule has 0 bridgehead atoms. The second-order valence-corrected chi connectivity index (χ2v) is 21.8. The van der Waals surface area contributed by atoms with E-state index in [0.717, 1.165) is 82.9 Å². The fourth-order valence-corrected chi connectivity index (χ4v) is 12.3. The van der Waals surface area contributed by atoms with Crippen LogP contribution in [-0.2, 0) is 54.4 Å². The number of benzene rings is 8. The molecule has 0 amide bonds. The Hall–Kier alpha value is -10.5. The molecule has 4 aliphatic rings. The van der Waals surface area contributed by atoms with Crippen molar-refractivity contribution in [3.8, 4) is 90.1 Å². The van der Waals surface area contributed by atoms with Crippen LogP contribution in [0.1, 0.15) is 22.3 Å². The molecule has 4 aliphatic heterocycles. The van der Waals surface area contributed by atoms with Crippen molar-refractivity contribution in [2.24, 2.45) is 28.2 Å². The quantitative estimate of drug-likeness (QED) is 0.143. The summed E-state index contributed by atoms with van der Waals surface area (Å²) in [6.07, 6.45) is 0. The van der Waals surface area contributed by atoms with E-state index in [0.29, 0.717) is 0 Å². The van der Waals surface area contributed by atoms with Crippen LogP contribution >= 0.6 is 0 Å². The summed E-state index contributed by atoms with van der Waals surface area (Å²) in [4.78, 5) is 9.10. The lowest BCUT2D eigenvalue weighted by Gasteiger charge is -2.26. The van der Waals surface area contributed by atoms with Crippen molar-refractivity contribution in [3.05, 3.63) is 216 Å². The molecule has 84 heavy (non-hydrogen) atoms. The summed E-state index contributed by atoms with van der Waals surface area (Å²) >= 11 is 0. The highest BCUT2D eigenvalue weighted by Crippen LogP contribution is 2.44. The Morgan fingerprint density at radius 3 is 0.738 bits per heavy atom. The molecule has 12 aromatic rings. The third kappa shape index (κ3) is 9.50. The van der Waals surface area contributed by atoms with E-state index in [1.54, 1.807) is 0 Å². The fourth-order valence-electron chi connectivity index (χ4n) is 12.3. The van der Waals surface area contributed by atoms with E-state index in [-0.39, 0.29) is 0 Å². The zero-order valence-electron chi connectivity index (χ0n) is 48.5. The van der Waals surface area contributed by atoms with Crippen molar-refractivity contribution in [2.75, 3.05) is 47.8 Å². The summed E-state index contributed by atoms with van der Waals surface area (Å²) in [6.45, 7) is 3.47. The highest BCUT2D eigenvalue weighted by molar-refractivity contribution is 5.91. The number of aryl methyl sites for hydroxylation is 4. The van der Waals surface area contributed by atoms with Gasteiger partial charge in [0.05, 0.1) is 22.8 Å². The van der Waals surface area contributed by atoms with Crippen LogP contribution in [0, 0.1) is 0 Å². The number of rotatable bonds is 0. The molecule has 0 atom stereocenters. The van der Waals surface area contributed by atoms with Crippen LogP contribution in [0.25, 0.3) is 90.1 Å². The van der Waals surface area contributed by atoms with Crippen molar-refractivity contribution in [1.82, 2.24) is 60.0 Å². The third-order valence-corrected chi connectivity index (χ3v) is 16.3. The molecule has 416 valence electrons. The maximum atomic E-state index is 4.42. The maximum Gasteiger partial charge on any atom is 0.123 e. The average Bonchev–Trinajstić information content (AvgIpc) is 4.44. The van der Waals surface area contributed by atoms with Gasteiger partial charge < -0.3 is 19.6 Å². The van der Waals surface area contributed by atoms with E-state index >= 15 is 0 Å². The summed E-state index contributed by atoms with van der Waals surface area (Å²) in [5.74, 6) is 0. The van der Waals surface area contributed by atoms with E-state index in [9.17, 15) is 0 Å². The van der Waals surface area contributed by atoms with Gasteiger partial charge in [-0.3, -0.25) is 0 Å². The lowest BCUT2D eigenvalue weighted by Crippen LogP contribution is -2.19. The molecule has 4 aromatic heterocycles. The Morgan fingerprint density at radius 2 is 0.429 bits per heavy atom. The molecule has 0 saturated heterocycles. The molecule has 0 N–H and O–H groups in total. The number of nitrogens with zero attached hydrogens (tertiary/aromatic N) is 16. The first-order valence-corrected chi connectivity index (χ1v) is 28.2. The minimum atomic E-state index is 0.864. The molecular weight excluding hydrogens is 1040 g/mol. The number of fused-ring (bicyclic) bond motifs is 20. The van der Waals surface area contributed by atoms with Gasteiger partial charge in [0.2, 0.25) is 0 Å². The smallest absolute Gasteiger partial charge is 0.123 e. The summed E-state index contributed by atoms with van der Waals surface area (Å²) in [5, 5.41) is 34.7. The minimum absolute atomic E-state index is 0.864. The number of anilines is 4. The molecule has 0 aliphatic carbocycles. The summed E-state index contributed by atoms with van der Waals surface area (Å²) in [5.41, 5.74) is 27.5. The van der Waals surface area contributed by atoms with Crippen LogP contribution < -0.4 is 19.6 Å². The van der Waals surface area contributed by atoms with Crippen molar-refractivity contribution in [1.29, 1.82) is 0 Å². The third-order valence-electron chi connectivity index (χ3n) is 16.3. The predicted molar refractivity (Wildman–Crippen MR) is 336 cm³/mol. The van der Waals surface area contributed by atoms with Gasteiger partial charge in [0.25, 0.3) is 0 Å². The average molecular weight is 1110 g/mol. The van der Waals surface area contributed by atoms with Gasteiger partial charge in [-0.25, -0.2) is 18.7 Å². The van der Waals surface area contributed by atoms with Crippen molar-refractivity contribution >= 4 is 22.7 Å². The number of aromatic nitrogens is 12. The van der Waals surface area contributed by atoms with Crippen LogP contribution in [-0.4, -0.2) is 88.2 Å². The molecule has 16 heteroatoms. The molecule has 8 aromatic carbocycles. The molecule has 16 nitrogen and oxygen atoms in total. The van der Waals surface area contributed by atoms with Gasteiger partial charge in [-0.15, -0.1) is 20.4 Å². The summed E-state index contributed by atoms with van der Waals surface area (Å²) in [7, 11) is 16.3. The fraction of sp³-hybridized carbons (Fsp3) is 0.176. The van der Waals surface area contributed by atoms with Crippen LogP contribution in [0.2, 0.25) is 0 Å². The number of hydrogen-bond donors (Lipinski definition) is 0. The first-order valence-electron chi connectivity index (χ1n) is 28.2. The monoisotopic (exact) mass is 1100 g/mol. The molecule has 0 fully saturated rings. The normalized spacial score (nSPS) is 13.0. The Balaban J connectivity index is 0.000000104. The number of para-hydroxylation sites is 4. The molecule has 0 spiro atoms.